The first-order chi connectivity index (χ1) is 8.34. The standard InChI is InChI=1S/C10H19FN6O/c1-10(18,6-17(2)3)5-14-8-7(11)4-13-9(15-8)16-12/h4,18H,5-6,12H2,1-3H3,(H2,13,14,15,16). The minimum atomic E-state index is -1.00. The summed E-state index contributed by atoms with van der Waals surface area (Å²) in [6.45, 7) is 2.25. The van der Waals surface area contributed by atoms with Gasteiger partial charge in [-0.3, -0.25) is 5.43 Å². The summed E-state index contributed by atoms with van der Waals surface area (Å²) in [5, 5.41) is 12.8. The fraction of sp³-hybridized carbons (Fsp3) is 0.600. The zero-order valence-electron chi connectivity index (χ0n) is 10.7. The van der Waals surface area contributed by atoms with Crippen molar-refractivity contribution in [2.75, 3.05) is 37.9 Å². The van der Waals surface area contributed by atoms with E-state index in [9.17, 15) is 9.50 Å². The summed E-state index contributed by atoms with van der Waals surface area (Å²) in [5.41, 5.74) is 1.22. The van der Waals surface area contributed by atoms with Crippen LogP contribution in [0.2, 0.25) is 0 Å². The summed E-state index contributed by atoms with van der Waals surface area (Å²) in [6, 6.07) is 0. The Labute approximate surface area is 105 Å². The van der Waals surface area contributed by atoms with Crippen LogP contribution in [0, 0.1) is 5.82 Å². The number of aliphatic hydroxyl groups is 1. The molecular weight excluding hydrogens is 239 g/mol. The lowest BCUT2D eigenvalue weighted by Gasteiger charge is -2.27. The van der Waals surface area contributed by atoms with Gasteiger partial charge in [0.05, 0.1) is 11.8 Å². The van der Waals surface area contributed by atoms with Crippen molar-refractivity contribution in [3.8, 4) is 0 Å². The van der Waals surface area contributed by atoms with Crippen LogP contribution < -0.4 is 16.6 Å². The number of hydrazine groups is 1. The van der Waals surface area contributed by atoms with E-state index in [0.29, 0.717) is 6.54 Å². The van der Waals surface area contributed by atoms with E-state index < -0.39 is 11.4 Å². The second kappa shape index (κ2) is 5.89. The summed E-state index contributed by atoms with van der Waals surface area (Å²) < 4.78 is 13.4. The lowest BCUT2D eigenvalue weighted by atomic mass is 10.1. The highest BCUT2D eigenvalue weighted by Crippen LogP contribution is 2.13. The van der Waals surface area contributed by atoms with E-state index in [1.54, 1.807) is 6.92 Å². The first-order valence-corrected chi connectivity index (χ1v) is 5.44. The monoisotopic (exact) mass is 258 g/mol. The SMILES string of the molecule is CN(C)CC(C)(O)CNc1nc(NN)ncc1F. The van der Waals surface area contributed by atoms with Crippen LogP contribution >= 0.6 is 0 Å². The number of nitrogen functional groups attached to an aromatic ring is 1. The number of likely N-dealkylation sites (N-methyl/N-ethyl adjacent to an activating group) is 1. The Kier molecular flexibility index (Phi) is 4.76. The number of nitrogens with zero attached hydrogens (tertiary/aromatic N) is 3. The minimum absolute atomic E-state index is 0.00280. The molecule has 1 unspecified atom stereocenters. The lowest BCUT2D eigenvalue weighted by Crippen LogP contribution is -2.43. The summed E-state index contributed by atoms with van der Waals surface area (Å²) in [4.78, 5) is 9.27. The van der Waals surface area contributed by atoms with Crippen LogP contribution in [0.5, 0.6) is 0 Å². The van der Waals surface area contributed by atoms with E-state index in [0.717, 1.165) is 6.20 Å². The summed E-state index contributed by atoms with van der Waals surface area (Å²) in [7, 11) is 3.69. The maximum atomic E-state index is 13.4. The zero-order valence-corrected chi connectivity index (χ0v) is 10.7. The van der Waals surface area contributed by atoms with Gasteiger partial charge in [0, 0.05) is 13.1 Å². The molecule has 0 saturated heterocycles. The van der Waals surface area contributed by atoms with Crippen molar-refractivity contribution in [1.82, 2.24) is 14.9 Å². The van der Waals surface area contributed by atoms with Crippen LogP contribution in [-0.2, 0) is 0 Å². The molecule has 1 aromatic rings. The van der Waals surface area contributed by atoms with E-state index in [1.807, 2.05) is 19.0 Å². The Balaban J connectivity index is 2.67. The summed E-state index contributed by atoms with van der Waals surface area (Å²) in [5.74, 6) is 4.63. The molecule has 1 atom stereocenters. The highest BCUT2D eigenvalue weighted by Gasteiger charge is 2.22. The fourth-order valence-corrected chi connectivity index (χ4v) is 1.57. The van der Waals surface area contributed by atoms with Gasteiger partial charge >= 0.3 is 0 Å². The molecule has 0 aliphatic rings. The van der Waals surface area contributed by atoms with Crippen molar-refractivity contribution in [3.63, 3.8) is 0 Å². The number of nitrogens with one attached hydrogen (secondary N) is 2. The number of anilines is 2. The van der Waals surface area contributed by atoms with E-state index in [-0.39, 0.29) is 18.3 Å². The molecule has 102 valence electrons. The predicted octanol–water partition coefficient (Wildman–Crippen LogP) is -0.374. The Morgan fingerprint density at radius 1 is 1.56 bits per heavy atom. The smallest absolute Gasteiger partial charge is 0.239 e. The molecule has 5 N–H and O–H groups in total. The van der Waals surface area contributed by atoms with Gasteiger partial charge < -0.3 is 15.3 Å². The highest BCUT2D eigenvalue weighted by atomic mass is 19.1. The van der Waals surface area contributed by atoms with Gasteiger partial charge in [-0.25, -0.2) is 15.2 Å². The van der Waals surface area contributed by atoms with Crippen molar-refractivity contribution in [3.05, 3.63) is 12.0 Å². The molecule has 0 aromatic carbocycles. The maximum Gasteiger partial charge on any atom is 0.239 e. The largest absolute Gasteiger partial charge is 0.387 e. The molecule has 1 rings (SSSR count). The number of hydrogen-bond donors (Lipinski definition) is 4. The zero-order chi connectivity index (χ0) is 13.8. The topological polar surface area (TPSA) is 99.3 Å². The molecule has 8 heteroatoms. The number of hydrogen-bond acceptors (Lipinski definition) is 7. The average Bonchev–Trinajstić information content (AvgIpc) is 2.26. The van der Waals surface area contributed by atoms with Gasteiger partial charge in [-0.15, -0.1) is 0 Å². The second-order valence-electron chi connectivity index (χ2n) is 4.62. The van der Waals surface area contributed by atoms with E-state index >= 15 is 0 Å². The molecule has 7 nitrogen and oxygen atoms in total. The van der Waals surface area contributed by atoms with E-state index in [4.69, 9.17) is 5.84 Å². The van der Waals surface area contributed by atoms with Gasteiger partial charge in [0.1, 0.15) is 0 Å². The fourth-order valence-electron chi connectivity index (χ4n) is 1.57. The van der Waals surface area contributed by atoms with Gasteiger partial charge in [-0.2, -0.15) is 4.98 Å². The van der Waals surface area contributed by atoms with Crippen LogP contribution in [0.25, 0.3) is 0 Å². The van der Waals surface area contributed by atoms with Crippen molar-refractivity contribution in [2.24, 2.45) is 5.84 Å². The second-order valence-corrected chi connectivity index (χ2v) is 4.62. The van der Waals surface area contributed by atoms with Crippen LogP contribution in [0.15, 0.2) is 6.20 Å². The quantitative estimate of drug-likeness (QED) is 0.408. The highest BCUT2D eigenvalue weighted by molar-refractivity contribution is 5.40. The predicted molar refractivity (Wildman–Crippen MR) is 67.5 cm³/mol. The third kappa shape index (κ3) is 4.40. The molecule has 0 radical (unpaired) electrons. The van der Waals surface area contributed by atoms with E-state index in [1.165, 1.54) is 0 Å². The first kappa shape index (κ1) is 14.6. The number of nitrogens with two attached hydrogens (primary N) is 1. The molecule has 0 spiro atoms. The number of halogens is 1. The van der Waals surface area contributed by atoms with Crippen LogP contribution in [0.3, 0.4) is 0 Å². The molecule has 0 fully saturated rings. The van der Waals surface area contributed by atoms with Crippen molar-refractivity contribution in [2.45, 2.75) is 12.5 Å². The van der Waals surface area contributed by atoms with Crippen LogP contribution in [0.1, 0.15) is 6.92 Å². The first-order valence-electron chi connectivity index (χ1n) is 5.44. The Morgan fingerprint density at radius 3 is 2.78 bits per heavy atom. The van der Waals surface area contributed by atoms with Gasteiger partial charge in [0.15, 0.2) is 11.6 Å². The number of rotatable bonds is 6. The van der Waals surface area contributed by atoms with Gasteiger partial charge in [-0.1, -0.05) is 0 Å². The molecular formula is C10H19FN6O. The van der Waals surface area contributed by atoms with Gasteiger partial charge in [-0.05, 0) is 21.0 Å². The maximum absolute atomic E-state index is 13.4. The molecule has 0 amide bonds. The van der Waals surface area contributed by atoms with Crippen molar-refractivity contribution in [1.29, 1.82) is 0 Å². The summed E-state index contributed by atoms with van der Waals surface area (Å²) >= 11 is 0. The van der Waals surface area contributed by atoms with E-state index in [2.05, 4.69) is 20.7 Å². The Hall–Kier alpha value is -1.51. The molecule has 0 aliphatic heterocycles. The normalized spacial score (nSPS) is 14.4. The molecule has 1 aromatic heterocycles. The molecule has 0 bridgehead atoms. The third-order valence-electron chi connectivity index (χ3n) is 2.17. The molecule has 1 heterocycles. The molecule has 18 heavy (non-hydrogen) atoms. The average molecular weight is 258 g/mol. The lowest BCUT2D eigenvalue weighted by molar-refractivity contribution is 0.0458. The van der Waals surface area contributed by atoms with Gasteiger partial charge in [0.25, 0.3) is 0 Å². The van der Waals surface area contributed by atoms with Crippen molar-refractivity contribution < 1.29 is 9.50 Å². The van der Waals surface area contributed by atoms with Crippen LogP contribution in [0.4, 0.5) is 16.2 Å². The minimum Gasteiger partial charge on any atom is -0.387 e. The Bertz CT molecular complexity index is 398. The van der Waals surface area contributed by atoms with Crippen LogP contribution in [-0.4, -0.2) is 52.8 Å². The third-order valence-corrected chi connectivity index (χ3v) is 2.17. The Morgan fingerprint density at radius 2 is 2.22 bits per heavy atom. The van der Waals surface area contributed by atoms with Gasteiger partial charge in [0.2, 0.25) is 5.95 Å². The number of aromatic nitrogens is 2. The molecule has 0 aliphatic carbocycles. The summed E-state index contributed by atoms with van der Waals surface area (Å²) in [6.07, 6.45) is 1.01. The van der Waals surface area contributed by atoms with Crippen molar-refractivity contribution >= 4 is 11.8 Å². The molecule has 0 saturated carbocycles.